The third-order valence-electron chi connectivity index (χ3n) is 7.59. The number of carbonyl (C=O) groups is 2. The van der Waals surface area contributed by atoms with Crippen molar-refractivity contribution >= 4 is 17.5 Å². The summed E-state index contributed by atoms with van der Waals surface area (Å²) in [5.74, 6) is -0.0798. The molecule has 0 unspecified atom stereocenters. The molecule has 2 aromatic rings. The van der Waals surface area contributed by atoms with Gasteiger partial charge in [0.25, 0.3) is 5.91 Å². The van der Waals surface area contributed by atoms with Gasteiger partial charge in [-0.3, -0.25) is 9.59 Å². The molecule has 1 saturated heterocycles. The van der Waals surface area contributed by atoms with Crippen molar-refractivity contribution < 1.29 is 14.0 Å². The van der Waals surface area contributed by atoms with E-state index in [0.29, 0.717) is 43.6 Å². The first-order valence-electron chi connectivity index (χ1n) is 13.5. The number of hydrogen-bond donors (Lipinski definition) is 2. The molecule has 38 heavy (non-hydrogen) atoms. The van der Waals surface area contributed by atoms with E-state index in [0.717, 1.165) is 50.3 Å². The van der Waals surface area contributed by atoms with Crippen molar-refractivity contribution in [2.75, 3.05) is 57.9 Å². The average molecular weight is 522 g/mol. The fourth-order valence-corrected chi connectivity index (χ4v) is 5.11. The van der Waals surface area contributed by atoms with Crippen molar-refractivity contribution in [3.05, 3.63) is 65.5 Å². The lowest BCUT2D eigenvalue weighted by atomic mass is 10.1. The molecular formula is C28H36FN7O2. The lowest BCUT2D eigenvalue weighted by molar-refractivity contribution is -0.135. The number of hydrogen-bond acceptors (Lipinski definition) is 7. The molecule has 0 aromatic heterocycles. The van der Waals surface area contributed by atoms with Crippen LogP contribution in [-0.4, -0.2) is 86.6 Å². The third-order valence-corrected chi connectivity index (χ3v) is 7.59. The van der Waals surface area contributed by atoms with Crippen LogP contribution in [0.15, 0.2) is 58.9 Å². The Balaban J connectivity index is 1.15. The summed E-state index contributed by atoms with van der Waals surface area (Å²) in [7, 11) is 2.05. The molecule has 10 heteroatoms. The lowest BCUT2D eigenvalue weighted by Gasteiger charge is -2.34. The van der Waals surface area contributed by atoms with Crippen LogP contribution in [0.3, 0.4) is 0 Å². The Morgan fingerprint density at radius 2 is 1.76 bits per heavy atom. The monoisotopic (exact) mass is 521 g/mol. The van der Waals surface area contributed by atoms with Gasteiger partial charge in [0, 0.05) is 43.7 Å². The number of carbonyl (C=O) groups excluding carboxylic acids is 2. The summed E-state index contributed by atoms with van der Waals surface area (Å²) in [5.41, 5.74) is 2.55. The van der Waals surface area contributed by atoms with Crippen LogP contribution >= 0.6 is 0 Å². The van der Waals surface area contributed by atoms with Crippen LogP contribution in [0.5, 0.6) is 0 Å². The molecular weight excluding hydrogens is 485 g/mol. The zero-order valence-electron chi connectivity index (χ0n) is 21.9. The fourth-order valence-electron chi connectivity index (χ4n) is 5.11. The largest absolute Gasteiger partial charge is 0.340 e. The second kappa shape index (κ2) is 12.0. The van der Waals surface area contributed by atoms with Crippen LogP contribution < -0.4 is 15.6 Å². The van der Waals surface area contributed by atoms with E-state index in [2.05, 4.69) is 32.9 Å². The summed E-state index contributed by atoms with van der Waals surface area (Å²) < 4.78 is 13.2. The predicted molar refractivity (Wildman–Crippen MR) is 144 cm³/mol. The van der Waals surface area contributed by atoms with Crippen molar-refractivity contribution in [1.29, 1.82) is 0 Å². The van der Waals surface area contributed by atoms with Crippen molar-refractivity contribution in [2.24, 2.45) is 10.3 Å². The van der Waals surface area contributed by atoms with Crippen molar-refractivity contribution in [1.82, 2.24) is 20.4 Å². The van der Waals surface area contributed by atoms with Crippen LogP contribution in [0.4, 0.5) is 10.1 Å². The number of amides is 2. The smallest absolute Gasteiger partial charge is 0.251 e. The van der Waals surface area contributed by atoms with Gasteiger partial charge in [-0.1, -0.05) is 17.4 Å². The van der Waals surface area contributed by atoms with E-state index in [-0.39, 0.29) is 17.6 Å². The molecule has 2 aromatic carbocycles. The Kier molecular flexibility index (Phi) is 8.29. The molecule has 2 aliphatic heterocycles. The second-order valence-corrected chi connectivity index (χ2v) is 10.4. The van der Waals surface area contributed by atoms with Crippen molar-refractivity contribution in [3.8, 4) is 0 Å². The first kappa shape index (κ1) is 26.2. The van der Waals surface area contributed by atoms with Gasteiger partial charge in [0.1, 0.15) is 11.9 Å². The Morgan fingerprint density at radius 1 is 1.03 bits per heavy atom. The molecule has 202 valence electrons. The molecule has 0 radical (unpaired) electrons. The number of rotatable bonds is 10. The zero-order valence-corrected chi connectivity index (χ0v) is 21.9. The minimum absolute atomic E-state index is 0.0174. The van der Waals surface area contributed by atoms with Gasteiger partial charge in [0.15, 0.2) is 0 Å². The molecule has 5 rings (SSSR count). The fraction of sp³-hybridized carbons (Fsp3) is 0.500. The lowest BCUT2D eigenvalue weighted by Crippen LogP contribution is -2.54. The van der Waals surface area contributed by atoms with E-state index in [1.165, 1.54) is 12.1 Å². The maximum absolute atomic E-state index is 13.4. The van der Waals surface area contributed by atoms with Gasteiger partial charge in [-0.05, 0) is 74.8 Å². The highest BCUT2D eigenvalue weighted by Crippen LogP contribution is 2.40. The Labute approximate surface area is 223 Å². The summed E-state index contributed by atoms with van der Waals surface area (Å²) >= 11 is 0. The van der Waals surface area contributed by atoms with E-state index >= 15 is 0 Å². The topological polar surface area (TPSA) is 92.6 Å². The summed E-state index contributed by atoms with van der Waals surface area (Å²) in [6.45, 7) is 5.14. The first-order chi connectivity index (χ1) is 18.5. The highest BCUT2D eigenvalue weighted by Gasteiger charge is 2.37. The highest BCUT2D eigenvalue weighted by molar-refractivity contribution is 5.97. The minimum atomic E-state index is -0.577. The molecule has 0 bridgehead atoms. The Bertz CT molecular complexity index is 1130. The molecule has 2 N–H and O–H groups in total. The number of piperazine rings is 1. The van der Waals surface area contributed by atoms with E-state index in [1.807, 2.05) is 29.2 Å². The number of anilines is 1. The Morgan fingerprint density at radius 3 is 2.45 bits per heavy atom. The van der Waals surface area contributed by atoms with Gasteiger partial charge < -0.3 is 20.4 Å². The van der Waals surface area contributed by atoms with Gasteiger partial charge in [-0.15, -0.1) is 0 Å². The molecule has 3 atom stereocenters. The summed E-state index contributed by atoms with van der Waals surface area (Å²) in [4.78, 5) is 30.6. The number of halogens is 1. The molecule has 1 saturated carbocycles. The van der Waals surface area contributed by atoms with Crippen LogP contribution in [0.1, 0.15) is 41.1 Å². The molecule has 2 heterocycles. The van der Waals surface area contributed by atoms with Crippen LogP contribution in [0.25, 0.3) is 0 Å². The number of likely N-dealkylation sites (N-methyl/N-ethyl adjacent to an activating group) is 1. The SMILES string of the molecule is CN1CCN(C(=O)[C@H](CCCN[C@@H]2C[C@H]2c2ccc(F)cc2)NC(=O)c2ccc(N3CCN=N3)cc2)CC1. The molecule has 9 nitrogen and oxygen atoms in total. The molecule has 3 aliphatic rings. The quantitative estimate of drug-likeness (QED) is 0.469. The number of nitrogens with zero attached hydrogens (tertiary/aromatic N) is 5. The van der Waals surface area contributed by atoms with Gasteiger partial charge in [0.2, 0.25) is 5.91 Å². The highest BCUT2D eigenvalue weighted by atomic mass is 19.1. The van der Waals surface area contributed by atoms with Gasteiger partial charge in [-0.25, -0.2) is 9.40 Å². The maximum Gasteiger partial charge on any atom is 0.251 e. The zero-order chi connectivity index (χ0) is 26.5. The molecule has 2 fully saturated rings. The third kappa shape index (κ3) is 6.54. The minimum Gasteiger partial charge on any atom is -0.340 e. The summed E-state index contributed by atoms with van der Waals surface area (Å²) in [5, 5.41) is 16.4. The van der Waals surface area contributed by atoms with E-state index < -0.39 is 6.04 Å². The number of nitrogens with one attached hydrogen (secondary N) is 2. The predicted octanol–water partition coefficient (Wildman–Crippen LogP) is 2.81. The van der Waals surface area contributed by atoms with Gasteiger partial charge in [0.05, 0.1) is 18.8 Å². The van der Waals surface area contributed by atoms with Crippen LogP contribution in [0, 0.1) is 5.82 Å². The molecule has 1 aliphatic carbocycles. The number of benzene rings is 2. The normalized spacial score (nSPS) is 21.9. The second-order valence-electron chi connectivity index (χ2n) is 10.4. The van der Waals surface area contributed by atoms with Crippen molar-refractivity contribution in [2.45, 2.75) is 37.3 Å². The average Bonchev–Trinajstić information content (AvgIpc) is 3.49. The first-order valence-corrected chi connectivity index (χ1v) is 13.5. The maximum atomic E-state index is 13.4. The van der Waals surface area contributed by atoms with Gasteiger partial charge >= 0.3 is 0 Å². The summed E-state index contributed by atoms with van der Waals surface area (Å²) in [6, 6.07) is 13.7. The Hall–Kier alpha value is -3.37. The van der Waals surface area contributed by atoms with E-state index in [1.54, 1.807) is 17.1 Å². The van der Waals surface area contributed by atoms with E-state index in [9.17, 15) is 14.0 Å². The van der Waals surface area contributed by atoms with Crippen LogP contribution in [-0.2, 0) is 4.79 Å². The van der Waals surface area contributed by atoms with Gasteiger partial charge in [-0.2, -0.15) is 5.11 Å². The molecule has 2 amide bonds. The summed E-state index contributed by atoms with van der Waals surface area (Å²) in [6.07, 6.45) is 2.35. The van der Waals surface area contributed by atoms with Crippen LogP contribution in [0.2, 0.25) is 0 Å². The molecule has 0 spiro atoms. The van der Waals surface area contributed by atoms with Crippen molar-refractivity contribution in [3.63, 3.8) is 0 Å². The van der Waals surface area contributed by atoms with E-state index in [4.69, 9.17) is 0 Å². The standard InChI is InChI=1S/C28H36FN7O2/c1-34-15-17-35(18-16-34)28(38)25(3-2-12-30-26-19-24(26)20-4-8-22(29)9-5-20)32-27(37)21-6-10-23(11-7-21)36-14-13-31-33-36/h4-11,24-26,30H,2-3,12-19H2,1H3,(H,32,37)/t24-,25-,26+/m0/s1.